The number of benzene rings is 1. The lowest BCUT2D eigenvalue weighted by Gasteiger charge is -2.34. The van der Waals surface area contributed by atoms with Gasteiger partial charge in [0.05, 0.1) is 24.0 Å². The molecule has 120 valence electrons. The van der Waals surface area contributed by atoms with Crippen molar-refractivity contribution >= 4 is 23.3 Å². The summed E-state index contributed by atoms with van der Waals surface area (Å²) >= 11 is 0. The van der Waals surface area contributed by atoms with E-state index in [4.69, 9.17) is 4.74 Å². The molecule has 5 heteroatoms. The quantitative estimate of drug-likeness (QED) is 0.869. The minimum atomic E-state index is -0.635. The van der Waals surface area contributed by atoms with E-state index in [0.717, 1.165) is 28.9 Å². The van der Waals surface area contributed by atoms with Crippen molar-refractivity contribution in [2.45, 2.75) is 53.2 Å². The molecule has 0 spiro atoms. The standard InChI is InChI=1S/C17H24N2O3/c1-6-12(4)22-17(21)13(5)19-15-8-11(3)10(2)7-14(15)18-9-16(19)20/h7-8,12-13,18H,6,9H2,1-5H3. The molecule has 0 bridgehead atoms. The second-order valence-corrected chi connectivity index (χ2v) is 5.90. The first-order chi connectivity index (χ1) is 10.3. The average molecular weight is 304 g/mol. The Hall–Kier alpha value is -2.04. The van der Waals surface area contributed by atoms with Crippen molar-refractivity contribution in [3.05, 3.63) is 23.3 Å². The Morgan fingerprint density at radius 1 is 1.32 bits per heavy atom. The zero-order chi connectivity index (χ0) is 16.4. The van der Waals surface area contributed by atoms with E-state index in [-0.39, 0.29) is 24.5 Å². The Balaban J connectivity index is 2.33. The molecule has 22 heavy (non-hydrogen) atoms. The van der Waals surface area contributed by atoms with Gasteiger partial charge in [0.15, 0.2) is 0 Å². The minimum absolute atomic E-state index is 0.121. The highest BCUT2D eigenvalue weighted by Gasteiger charge is 2.33. The zero-order valence-corrected chi connectivity index (χ0v) is 13.9. The smallest absolute Gasteiger partial charge is 0.329 e. The number of rotatable bonds is 4. The maximum absolute atomic E-state index is 12.3. The molecule has 2 atom stereocenters. The summed E-state index contributed by atoms with van der Waals surface area (Å²) in [5.74, 6) is -0.488. The zero-order valence-electron chi connectivity index (χ0n) is 13.9. The highest BCUT2D eigenvalue weighted by Crippen LogP contribution is 2.33. The lowest BCUT2D eigenvalue weighted by molar-refractivity contribution is -0.150. The normalized spacial score (nSPS) is 16.6. The summed E-state index contributed by atoms with van der Waals surface area (Å²) in [4.78, 5) is 26.1. The molecule has 1 aliphatic rings. The van der Waals surface area contributed by atoms with Crippen LogP contribution in [0.1, 0.15) is 38.3 Å². The van der Waals surface area contributed by atoms with Gasteiger partial charge in [-0.25, -0.2) is 4.79 Å². The molecule has 0 saturated heterocycles. The van der Waals surface area contributed by atoms with Crippen LogP contribution < -0.4 is 10.2 Å². The second kappa shape index (κ2) is 6.38. The van der Waals surface area contributed by atoms with E-state index >= 15 is 0 Å². The van der Waals surface area contributed by atoms with E-state index in [1.807, 2.05) is 39.8 Å². The van der Waals surface area contributed by atoms with E-state index in [0.29, 0.717) is 0 Å². The third kappa shape index (κ3) is 3.08. The lowest BCUT2D eigenvalue weighted by Crippen LogP contribution is -2.49. The fourth-order valence-electron chi connectivity index (χ4n) is 2.44. The van der Waals surface area contributed by atoms with E-state index < -0.39 is 6.04 Å². The van der Waals surface area contributed by atoms with Crippen molar-refractivity contribution in [2.75, 3.05) is 16.8 Å². The van der Waals surface area contributed by atoms with E-state index in [2.05, 4.69) is 5.32 Å². The van der Waals surface area contributed by atoms with Gasteiger partial charge in [0.1, 0.15) is 6.04 Å². The predicted octanol–water partition coefficient (Wildman–Crippen LogP) is 2.79. The van der Waals surface area contributed by atoms with Crippen LogP contribution in [0.4, 0.5) is 11.4 Å². The largest absolute Gasteiger partial charge is 0.461 e. The van der Waals surface area contributed by atoms with Gasteiger partial charge in [-0.3, -0.25) is 9.69 Å². The van der Waals surface area contributed by atoms with Crippen molar-refractivity contribution in [3.8, 4) is 0 Å². The number of esters is 1. The molecule has 1 aliphatic heterocycles. The molecule has 0 aliphatic carbocycles. The summed E-state index contributed by atoms with van der Waals surface area (Å²) in [7, 11) is 0. The second-order valence-electron chi connectivity index (χ2n) is 5.90. The molecular weight excluding hydrogens is 280 g/mol. The van der Waals surface area contributed by atoms with Crippen molar-refractivity contribution < 1.29 is 14.3 Å². The van der Waals surface area contributed by atoms with Crippen LogP contribution in [0.25, 0.3) is 0 Å². The van der Waals surface area contributed by atoms with Crippen LogP contribution in [0.3, 0.4) is 0 Å². The number of fused-ring (bicyclic) bond motifs is 1. The number of amides is 1. The van der Waals surface area contributed by atoms with Crippen LogP contribution in [0.15, 0.2) is 12.1 Å². The summed E-state index contributed by atoms with van der Waals surface area (Å²) in [5, 5.41) is 3.11. The van der Waals surface area contributed by atoms with Crippen molar-refractivity contribution in [1.29, 1.82) is 0 Å². The minimum Gasteiger partial charge on any atom is -0.461 e. The summed E-state index contributed by atoms with van der Waals surface area (Å²) in [6.07, 6.45) is 0.607. The van der Waals surface area contributed by atoms with Crippen molar-refractivity contribution in [2.24, 2.45) is 0 Å². The molecule has 0 fully saturated rings. The van der Waals surface area contributed by atoms with Gasteiger partial charge in [-0.05, 0) is 57.4 Å². The molecule has 2 unspecified atom stereocenters. The Labute approximate surface area is 131 Å². The van der Waals surface area contributed by atoms with Gasteiger partial charge < -0.3 is 10.1 Å². The molecule has 0 saturated carbocycles. The monoisotopic (exact) mass is 304 g/mol. The molecule has 0 radical (unpaired) electrons. The number of hydrogen-bond acceptors (Lipinski definition) is 4. The molecule has 0 aromatic heterocycles. The summed E-state index contributed by atoms with van der Waals surface area (Å²) in [6, 6.07) is 3.32. The Bertz CT molecular complexity index is 598. The summed E-state index contributed by atoms with van der Waals surface area (Å²) in [5.41, 5.74) is 3.86. The Morgan fingerprint density at radius 3 is 2.59 bits per heavy atom. The van der Waals surface area contributed by atoms with Gasteiger partial charge in [-0.2, -0.15) is 0 Å². The van der Waals surface area contributed by atoms with Gasteiger partial charge in [-0.1, -0.05) is 6.92 Å². The SMILES string of the molecule is CCC(C)OC(=O)C(C)N1C(=O)CNc2cc(C)c(C)cc21. The van der Waals surface area contributed by atoms with E-state index in [1.54, 1.807) is 11.8 Å². The van der Waals surface area contributed by atoms with Crippen molar-refractivity contribution in [1.82, 2.24) is 0 Å². The number of ether oxygens (including phenoxy) is 1. The van der Waals surface area contributed by atoms with Gasteiger partial charge >= 0.3 is 5.97 Å². The number of carbonyl (C=O) groups is 2. The topological polar surface area (TPSA) is 58.6 Å². The number of nitrogens with one attached hydrogen (secondary N) is 1. The molecule has 1 aromatic rings. The molecule has 1 aromatic carbocycles. The van der Waals surface area contributed by atoms with E-state index in [9.17, 15) is 9.59 Å². The number of carbonyl (C=O) groups excluding carboxylic acids is 2. The Kier molecular flexibility index (Phi) is 4.74. The fourth-order valence-corrected chi connectivity index (χ4v) is 2.44. The highest BCUT2D eigenvalue weighted by atomic mass is 16.5. The van der Waals surface area contributed by atoms with Crippen LogP contribution in [-0.2, 0) is 14.3 Å². The van der Waals surface area contributed by atoms with Crippen LogP contribution >= 0.6 is 0 Å². The third-order valence-electron chi connectivity index (χ3n) is 4.19. The van der Waals surface area contributed by atoms with Gasteiger partial charge in [0.2, 0.25) is 5.91 Å². The highest BCUT2D eigenvalue weighted by molar-refractivity contribution is 6.06. The number of nitrogens with zero attached hydrogens (tertiary/aromatic N) is 1. The fraction of sp³-hybridized carbons (Fsp3) is 0.529. The summed E-state index contributed by atoms with van der Waals surface area (Å²) in [6.45, 7) is 9.74. The summed E-state index contributed by atoms with van der Waals surface area (Å²) < 4.78 is 5.38. The van der Waals surface area contributed by atoms with Crippen LogP contribution in [-0.4, -0.2) is 30.6 Å². The van der Waals surface area contributed by atoms with Crippen LogP contribution in [0, 0.1) is 13.8 Å². The number of hydrogen-bond donors (Lipinski definition) is 1. The first-order valence-electron chi connectivity index (χ1n) is 7.72. The van der Waals surface area contributed by atoms with Crippen molar-refractivity contribution in [3.63, 3.8) is 0 Å². The number of anilines is 2. The lowest BCUT2D eigenvalue weighted by atomic mass is 10.0. The third-order valence-corrected chi connectivity index (χ3v) is 4.19. The van der Waals surface area contributed by atoms with Gasteiger partial charge in [0, 0.05) is 0 Å². The number of aryl methyl sites for hydroxylation is 2. The molecule has 1 amide bonds. The molecule has 1 heterocycles. The van der Waals surface area contributed by atoms with Crippen LogP contribution in [0.5, 0.6) is 0 Å². The molecular formula is C17H24N2O3. The first kappa shape index (κ1) is 16.3. The maximum atomic E-state index is 12.3. The molecule has 1 N–H and O–H groups in total. The van der Waals surface area contributed by atoms with Gasteiger partial charge in [0.25, 0.3) is 0 Å². The van der Waals surface area contributed by atoms with E-state index in [1.165, 1.54) is 0 Å². The van der Waals surface area contributed by atoms with Gasteiger partial charge in [-0.15, -0.1) is 0 Å². The molecule has 5 nitrogen and oxygen atoms in total. The first-order valence-corrected chi connectivity index (χ1v) is 7.72. The predicted molar refractivity (Wildman–Crippen MR) is 87.2 cm³/mol. The maximum Gasteiger partial charge on any atom is 0.329 e. The molecule has 2 rings (SSSR count). The Morgan fingerprint density at radius 2 is 1.95 bits per heavy atom. The van der Waals surface area contributed by atoms with Crippen LogP contribution in [0.2, 0.25) is 0 Å². The average Bonchev–Trinajstić information content (AvgIpc) is 2.48.